The Bertz CT molecular complexity index is 421. The second kappa shape index (κ2) is 3.91. The van der Waals surface area contributed by atoms with Crippen LogP contribution in [0.5, 0.6) is 0 Å². The monoisotopic (exact) mass is 284 g/mol. The lowest BCUT2D eigenvalue weighted by molar-refractivity contribution is 0.588. The van der Waals surface area contributed by atoms with Gasteiger partial charge in [-0.3, -0.25) is 0 Å². The molecule has 1 heterocycles. The molecule has 0 fully saturated rings. The lowest BCUT2D eigenvalue weighted by Crippen LogP contribution is -2.18. The predicted octanol–water partition coefficient (Wildman–Crippen LogP) is 1.41. The number of hydrogen-bond donors (Lipinski definition) is 1. The highest BCUT2D eigenvalue weighted by Crippen LogP contribution is 2.22. The number of rotatable bonds is 2. The van der Waals surface area contributed by atoms with Crippen molar-refractivity contribution in [3.05, 3.63) is 21.9 Å². The molecule has 1 N–H and O–H groups in total. The molecule has 0 radical (unpaired) electrons. The Morgan fingerprint density at radius 2 is 2.23 bits per heavy atom. The summed E-state index contributed by atoms with van der Waals surface area (Å²) in [4.78, 5) is 3.77. The highest BCUT2D eigenvalue weighted by Gasteiger charge is 2.13. The smallest absolute Gasteiger partial charge is 0.241 e. The van der Waals surface area contributed by atoms with Gasteiger partial charge in [-0.1, -0.05) is 11.6 Å². The van der Waals surface area contributed by atoms with Gasteiger partial charge < -0.3 is 0 Å². The largest absolute Gasteiger partial charge is 0.242 e. The SMILES string of the molecule is CNS(=O)(=O)c1cnc(Cl)c(Br)c1. The number of hydrogen-bond acceptors (Lipinski definition) is 3. The average Bonchev–Trinajstić information content (AvgIpc) is 2.09. The van der Waals surface area contributed by atoms with Crippen molar-refractivity contribution in [3.8, 4) is 0 Å². The molecule has 0 bridgehead atoms. The Morgan fingerprint density at radius 3 is 2.69 bits per heavy atom. The van der Waals surface area contributed by atoms with Gasteiger partial charge in [0.25, 0.3) is 0 Å². The maximum Gasteiger partial charge on any atom is 0.241 e. The number of aromatic nitrogens is 1. The van der Waals surface area contributed by atoms with Crippen LogP contribution in [-0.4, -0.2) is 20.4 Å². The number of pyridine rings is 1. The first-order chi connectivity index (χ1) is 5.97. The van der Waals surface area contributed by atoms with E-state index in [9.17, 15) is 8.42 Å². The molecule has 7 heteroatoms. The molecule has 13 heavy (non-hydrogen) atoms. The molecule has 0 spiro atoms. The van der Waals surface area contributed by atoms with E-state index in [1.165, 1.54) is 19.3 Å². The van der Waals surface area contributed by atoms with Gasteiger partial charge in [0.1, 0.15) is 10.0 Å². The molecule has 0 atom stereocenters. The van der Waals surface area contributed by atoms with Crippen LogP contribution in [0.3, 0.4) is 0 Å². The van der Waals surface area contributed by atoms with Crippen molar-refractivity contribution in [1.82, 2.24) is 9.71 Å². The maximum atomic E-state index is 11.2. The summed E-state index contributed by atoms with van der Waals surface area (Å²) in [7, 11) is -2.11. The number of nitrogens with zero attached hydrogens (tertiary/aromatic N) is 1. The lowest BCUT2D eigenvalue weighted by Gasteiger charge is -2.02. The van der Waals surface area contributed by atoms with Crippen LogP contribution in [0.25, 0.3) is 0 Å². The Balaban J connectivity index is 3.27. The van der Waals surface area contributed by atoms with Crippen molar-refractivity contribution in [3.63, 3.8) is 0 Å². The van der Waals surface area contributed by atoms with Gasteiger partial charge in [-0.05, 0) is 29.0 Å². The fourth-order valence-corrected chi connectivity index (χ4v) is 1.97. The van der Waals surface area contributed by atoms with E-state index in [-0.39, 0.29) is 10.0 Å². The van der Waals surface area contributed by atoms with Crippen molar-refractivity contribution in [2.24, 2.45) is 0 Å². The minimum atomic E-state index is -3.44. The van der Waals surface area contributed by atoms with E-state index < -0.39 is 10.0 Å². The zero-order valence-electron chi connectivity index (χ0n) is 6.58. The van der Waals surface area contributed by atoms with E-state index in [0.29, 0.717) is 4.47 Å². The highest BCUT2D eigenvalue weighted by atomic mass is 79.9. The van der Waals surface area contributed by atoms with Crippen molar-refractivity contribution in [2.75, 3.05) is 7.05 Å². The summed E-state index contributed by atoms with van der Waals surface area (Å²) in [5.74, 6) is 0. The van der Waals surface area contributed by atoms with Gasteiger partial charge in [-0.2, -0.15) is 0 Å². The molecule has 0 aliphatic carbocycles. The molecule has 1 aromatic heterocycles. The third-order valence-corrected chi connectivity index (χ3v) is 3.87. The molecule has 1 aromatic rings. The second-order valence-corrected chi connectivity index (χ2v) is 5.25. The molecule has 72 valence electrons. The number of sulfonamides is 1. The standard InChI is InChI=1S/C6H6BrClN2O2S/c1-9-13(11,12)4-2-5(7)6(8)10-3-4/h2-3,9H,1H3. The third-order valence-electron chi connectivity index (χ3n) is 1.35. The molecule has 0 aliphatic heterocycles. The van der Waals surface area contributed by atoms with Crippen LogP contribution < -0.4 is 4.72 Å². The van der Waals surface area contributed by atoms with Gasteiger partial charge in [0.05, 0.1) is 4.47 Å². The van der Waals surface area contributed by atoms with Crippen LogP contribution in [0, 0.1) is 0 Å². The van der Waals surface area contributed by atoms with Crippen LogP contribution >= 0.6 is 27.5 Å². The van der Waals surface area contributed by atoms with Crippen LogP contribution in [-0.2, 0) is 10.0 Å². The summed E-state index contributed by atoms with van der Waals surface area (Å²) >= 11 is 8.68. The van der Waals surface area contributed by atoms with E-state index >= 15 is 0 Å². The Labute approximate surface area is 89.5 Å². The molecule has 1 rings (SSSR count). The summed E-state index contributed by atoms with van der Waals surface area (Å²) in [5.41, 5.74) is 0. The average molecular weight is 286 g/mol. The minimum Gasteiger partial charge on any atom is -0.242 e. The van der Waals surface area contributed by atoms with Gasteiger partial charge in [0, 0.05) is 6.20 Å². The normalized spacial score (nSPS) is 11.6. The second-order valence-electron chi connectivity index (χ2n) is 2.15. The van der Waals surface area contributed by atoms with E-state index in [2.05, 4.69) is 25.6 Å². The van der Waals surface area contributed by atoms with E-state index in [1.807, 2.05) is 0 Å². The van der Waals surface area contributed by atoms with E-state index in [0.717, 1.165) is 0 Å². The third kappa shape index (κ3) is 2.40. The van der Waals surface area contributed by atoms with Gasteiger partial charge in [-0.15, -0.1) is 0 Å². The Hall–Kier alpha value is -0.170. The summed E-state index contributed by atoms with van der Waals surface area (Å²) in [6.07, 6.45) is 1.19. The van der Waals surface area contributed by atoms with E-state index in [1.54, 1.807) is 0 Å². The molecule has 0 amide bonds. The van der Waals surface area contributed by atoms with Gasteiger partial charge in [0.2, 0.25) is 10.0 Å². The minimum absolute atomic E-state index is 0.0753. The first kappa shape index (κ1) is 10.9. The zero-order valence-corrected chi connectivity index (χ0v) is 9.74. The molecule has 0 aromatic carbocycles. The topological polar surface area (TPSA) is 59.1 Å². The highest BCUT2D eigenvalue weighted by molar-refractivity contribution is 9.10. The number of nitrogens with one attached hydrogen (secondary N) is 1. The molecular weight excluding hydrogens is 280 g/mol. The van der Waals surface area contributed by atoms with Crippen LogP contribution in [0.4, 0.5) is 0 Å². The summed E-state index contributed by atoms with van der Waals surface area (Å²) in [6, 6.07) is 1.39. The van der Waals surface area contributed by atoms with Gasteiger partial charge in [-0.25, -0.2) is 18.1 Å². The van der Waals surface area contributed by atoms with Crippen LogP contribution in [0.1, 0.15) is 0 Å². The summed E-state index contributed by atoms with van der Waals surface area (Å²) in [6.45, 7) is 0. The van der Waals surface area contributed by atoms with Crippen LogP contribution in [0.2, 0.25) is 5.15 Å². The van der Waals surface area contributed by atoms with Crippen molar-refractivity contribution < 1.29 is 8.42 Å². The first-order valence-corrected chi connectivity index (χ1v) is 5.87. The maximum absolute atomic E-state index is 11.2. The molecule has 4 nitrogen and oxygen atoms in total. The molecular formula is C6H6BrClN2O2S. The molecule has 0 aliphatic rings. The Morgan fingerprint density at radius 1 is 1.62 bits per heavy atom. The molecule has 0 saturated heterocycles. The van der Waals surface area contributed by atoms with Crippen LogP contribution in [0.15, 0.2) is 21.6 Å². The predicted molar refractivity (Wildman–Crippen MR) is 53.2 cm³/mol. The summed E-state index contributed by atoms with van der Waals surface area (Å²) in [5, 5.41) is 0.232. The molecule has 0 unspecified atom stereocenters. The Kier molecular flexibility index (Phi) is 3.28. The lowest BCUT2D eigenvalue weighted by atomic mass is 10.5. The summed E-state index contributed by atoms with van der Waals surface area (Å²) < 4.78 is 25.1. The fourth-order valence-electron chi connectivity index (χ4n) is 0.668. The molecule has 0 saturated carbocycles. The number of halogens is 2. The van der Waals surface area contributed by atoms with Crippen molar-refractivity contribution in [1.29, 1.82) is 0 Å². The van der Waals surface area contributed by atoms with E-state index in [4.69, 9.17) is 11.6 Å². The van der Waals surface area contributed by atoms with Gasteiger partial charge >= 0.3 is 0 Å². The van der Waals surface area contributed by atoms with Crippen molar-refractivity contribution >= 4 is 37.6 Å². The fraction of sp³-hybridized carbons (Fsp3) is 0.167. The quantitative estimate of drug-likeness (QED) is 0.836. The van der Waals surface area contributed by atoms with Gasteiger partial charge in [0.15, 0.2) is 0 Å². The zero-order chi connectivity index (χ0) is 10.1. The first-order valence-electron chi connectivity index (χ1n) is 3.22. The van der Waals surface area contributed by atoms with Crippen molar-refractivity contribution in [2.45, 2.75) is 4.90 Å².